The number of ether oxygens (including phenoxy) is 1. The minimum absolute atomic E-state index is 0.245. The second-order valence-electron chi connectivity index (χ2n) is 7.38. The van der Waals surface area contributed by atoms with Gasteiger partial charge in [0.25, 0.3) is 0 Å². The van der Waals surface area contributed by atoms with Gasteiger partial charge in [0.05, 0.1) is 18.7 Å². The number of nitrogens with zero attached hydrogens (tertiary/aromatic N) is 2. The summed E-state index contributed by atoms with van der Waals surface area (Å²) < 4.78 is 7.17. The third-order valence-corrected chi connectivity index (χ3v) is 5.63. The third-order valence-electron chi connectivity index (χ3n) is 5.63. The first-order chi connectivity index (χ1) is 13.1. The van der Waals surface area contributed by atoms with Crippen LogP contribution in [-0.2, 0) is 16.0 Å². The molecular formula is C23H26N2O2. The quantitative estimate of drug-likeness (QED) is 0.594. The first-order valence-electron chi connectivity index (χ1n) is 9.57. The Kier molecular flexibility index (Phi) is 4.75. The molecule has 1 aromatic carbocycles. The minimum Gasteiger partial charge on any atom is -0.466 e. The molecule has 4 nitrogen and oxygen atoms in total. The van der Waals surface area contributed by atoms with Crippen molar-refractivity contribution in [1.82, 2.24) is 9.47 Å². The molecule has 1 unspecified atom stereocenters. The zero-order valence-corrected chi connectivity index (χ0v) is 16.2. The van der Waals surface area contributed by atoms with Gasteiger partial charge < -0.3 is 9.30 Å². The maximum absolute atomic E-state index is 11.6. The normalized spacial score (nSPS) is 19.6. The Hall–Kier alpha value is -2.59. The summed E-state index contributed by atoms with van der Waals surface area (Å²) in [7, 11) is 1.43. The second kappa shape index (κ2) is 7.20. The van der Waals surface area contributed by atoms with Crippen LogP contribution in [0.2, 0.25) is 0 Å². The Morgan fingerprint density at radius 1 is 1.33 bits per heavy atom. The number of para-hydroxylation sites is 1. The van der Waals surface area contributed by atoms with Crippen molar-refractivity contribution < 1.29 is 9.53 Å². The fraction of sp³-hybridized carbons (Fsp3) is 0.348. The lowest BCUT2D eigenvalue weighted by atomic mass is 9.96. The zero-order valence-electron chi connectivity index (χ0n) is 16.2. The van der Waals surface area contributed by atoms with Crippen LogP contribution in [0, 0.1) is 0 Å². The van der Waals surface area contributed by atoms with Gasteiger partial charge >= 0.3 is 5.97 Å². The van der Waals surface area contributed by atoms with Gasteiger partial charge in [0.15, 0.2) is 0 Å². The lowest BCUT2D eigenvalue weighted by Gasteiger charge is -2.34. The lowest BCUT2D eigenvalue weighted by Crippen LogP contribution is -2.35. The van der Waals surface area contributed by atoms with Gasteiger partial charge in [-0.2, -0.15) is 0 Å². The summed E-state index contributed by atoms with van der Waals surface area (Å²) in [5, 5.41) is 1.37. The number of hydrogen-bond donors (Lipinski definition) is 0. The predicted octanol–water partition coefficient (Wildman–Crippen LogP) is 4.48. The summed E-state index contributed by atoms with van der Waals surface area (Å²) in [6.45, 7) is 5.92. The third kappa shape index (κ3) is 3.15. The summed E-state index contributed by atoms with van der Waals surface area (Å²) >= 11 is 0. The predicted molar refractivity (Wildman–Crippen MR) is 109 cm³/mol. The van der Waals surface area contributed by atoms with Gasteiger partial charge in [-0.05, 0) is 43.9 Å². The maximum Gasteiger partial charge on any atom is 0.333 e. The summed E-state index contributed by atoms with van der Waals surface area (Å²) in [5.74, 6) is -0.245. The van der Waals surface area contributed by atoms with E-state index in [9.17, 15) is 4.79 Å². The molecule has 0 N–H and O–H groups in total. The van der Waals surface area contributed by atoms with Gasteiger partial charge in [0, 0.05) is 35.9 Å². The molecule has 2 aliphatic heterocycles. The van der Waals surface area contributed by atoms with Crippen molar-refractivity contribution in [3.63, 3.8) is 0 Å². The molecule has 140 valence electrons. The number of carbonyl (C=O) groups is 1. The van der Waals surface area contributed by atoms with Gasteiger partial charge in [-0.25, -0.2) is 4.79 Å². The van der Waals surface area contributed by atoms with E-state index in [0.717, 1.165) is 25.9 Å². The van der Waals surface area contributed by atoms with Crippen molar-refractivity contribution in [3.8, 4) is 0 Å². The molecule has 27 heavy (non-hydrogen) atoms. The highest BCUT2D eigenvalue weighted by Gasteiger charge is 2.31. The average Bonchev–Trinajstić information content (AvgIpc) is 2.88. The first kappa shape index (κ1) is 17.8. The molecule has 2 aliphatic rings. The number of carbonyl (C=O) groups excluding carboxylic acids is 1. The van der Waals surface area contributed by atoms with Gasteiger partial charge in [0.2, 0.25) is 0 Å². The van der Waals surface area contributed by atoms with E-state index in [2.05, 4.69) is 59.0 Å². The van der Waals surface area contributed by atoms with Crippen molar-refractivity contribution in [3.05, 3.63) is 64.9 Å². The summed E-state index contributed by atoms with van der Waals surface area (Å²) in [5.41, 5.74) is 6.10. The van der Waals surface area contributed by atoms with E-state index in [1.54, 1.807) is 0 Å². The number of aromatic nitrogens is 1. The SMILES string of the molecule is COC(=O)/C(C)=C/CCN1CCc2c3n(c4ccccc24)C=C(C)C=CC31. The summed E-state index contributed by atoms with van der Waals surface area (Å²) in [4.78, 5) is 14.1. The maximum atomic E-state index is 11.6. The standard InChI is InChI=1S/C23H26N2O2/c1-16-10-11-21-22-19(18-8-4-5-9-20(18)25(22)15-16)12-14-24(21)13-6-7-17(2)23(26)27-3/h4-5,7-11,15,21H,6,12-14H2,1-3H3/b17-7+. The molecular weight excluding hydrogens is 336 g/mol. The van der Waals surface area contributed by atoms with Crippen LogP contribution in [0.25, 0.3) is 17.1 Å². The highest BCUT2D eigenvalue weighted by molar-refractivity contribution is 5.89. The van der Waals surface area contributed by atoms with Crippen LogP contribution in [0.1, 0.15) is 37.6 Å². The Labute approximate surface area is 160 Å². The van der Waals surface area contributed by atoms with Crippen LogP contribution in [0.5, 0.6) is 0 Å². The zero-order chi connectivity index (χ0) is 19.0. The Bertz CT molecular complexity index is 978. The highest BCUT2D eigenvalue weighted by Crippen LogP contribution is 2.39. The molecule has 0 radical (unpaired) electrons. The lowest BCUT2D eigenvalue weighted by molar-refractivity contribution is -0.136. The minimum atomic E-state index is -0.245. The van der Waals surface area contributed by atoms with Crippen molar-refractivity contribution in [2.24, 2.45) is 0 Å². The van der Waals surface area contributed by atoms with Crippen molar-refractivity contribution in [2.45, 2.75) is 32.7 Å². The Morgan fingerprint density at radius 2 is 2.15 bits per heavy atom. The van der Waals surface area contributed by atoms with E-state index in [0.29, 0.717) is 5.57 Å². The second-order valence-corrected chi connectivity index (χ2v) is 7.38. The van der Waals surface area contributed by atoms with Crippen LogP contribution < -0.4 is 0 Å². The van der Waals surface area contributed by atoms with Crippen molar-refractivity contribution >= 4 is 23.1 Å². The van der Waals surface area contributed by atoms with E-state index in [-0.39, 0.29) is 12.0 Å². The number of benzene rings is 1. The molecule has 0 bridgehead atoms. The van der Waals surface area contributed by atoms with Crippen molar-refractivity contribution in [2.75, 3.05) is 20.2 Å². The first-order valence-corrected chi connectivity index (χ1v) is 9.57. The molecule has 3 heterocycles. The largest absolute Gasteiger partial charge is 0.466 e. The molecule has 1 atom stereocenters. The molecule has 0 aliphatic carbocycles. The van der Waals surface area contributed by atoms with Gasteiger partial charge in [-0.15, -0.1) is 0 Å². The Morgan fingerprint density at radius 3 is 2.96 bits per heavy atom. The van der Waals surface area contributed by atoms with E-state index in [1.165, 1.54) is 34.8 Å². The number of methoxy groups -OCH3 is 1. The van der Waals surface area contributed by atoms with Gasteiger partial charge in [-0.3, -0.25) is 4.90 Å². The number of allylic oxidation sites excluding steroid dienone is 2. The molecule has 0 fully saturated rings. The number of rotatable bonds is 4. The topological polar surface area (TPSA) is 34.5 Å². The average molecular weight is 362 g/mol. The van der Waals surface area contributed by atoms with Crippen LogP contribution >= 0.6 is 0 Å². The van der Waals surface area contributed by atoms with E-state index < -0.39 is 0 Å². The number of fused-ring (bicyclic) bond motifs is 3. The Balaban J connectivity index is 1.67. The van der Waals surface area contributed by atoms with E-state index >= 15 is 0 Å². The molecule has 4 heteroatoms. The van der Waals surface area contributed by atoms with Gasteiger partial charge in [0.1, 0.15) is 0 Å². The van der Waals surface area contributed by atoms with E-state index in [4.69, 9.17) is 4.74 Å². The highest BCUT2D eigenvalue weighted by atomic mass is 16.5. The van der Waals surface area contributed by atoms with E-state index in [1.807, 2.05) is 13.0 Å². The van der Waals surface area contributed by atoms with Crippen molar-refractivity contribution in [1.29, 1.82) is 0 Å². The fourth-order valence-corrected chi connectivity index (χ4v) is 4.29. The molecule has 2 aromatic rings. The van der Waals surface area contributed by atoms with Crippen LogP contribution in [0.15, 0.2) is 53.6 Å². The molecule has 0 saturated carbocycles. The molecule has 0 spiro atoms. The van der Waals surface area contributed by atoms with Gasteiger partial charge in [-0.1, -0.05) is 36.4 Å². The molecule has 0 amide bonds. The monoisotopic (exact) mass is 362 g/mol. The molecule has 0 saturated heterocycles. The molecule has 1 aromatic heterocycles. The molecule has 4 rings (SSSR count). The van der Waals surface area contributed by atoms with Crippen LogP contribution in [0.3, 0.4) is 0 Å². The summed E-state index contributed by atoms with van der Waals surface area (Å²) in [6, 6.07) is 8.97. The van der Waals surface area contributed by atoms with Crippen LogP contribution in [0.4, 0.5) is 0 Å². The number of hydrogen-bond acceptors (Lipinski definition) is 3. The summed E-state index contributed by atoms with van der Waals surface area (Å²) in [6.07, 6.45) is 10.7. The smallest absolute Gasteiger partial charge is 0.333 e. The van der Waals surface area contributed by atoms with Crippen LogP contribution in [-0.4, -0.2) is 35.6 Å². The fourth-order valence-electron chi connectivity index (χ4n) is 4.29. The number of esters is 1.